The summed E-state index contributed by atoms with van der Waals surface area (Å²) in [7, 11) is 0. The van der Waals surface area contributed by atoms with Crippen LogP contribution in [-0.4, -0.2) is 16.5 Å². The second-order valence-electron chi connectivity index (χ2n) is 3.71. The van der Waals surface area contributed by atoms with E-state index in [1.807, 2.05) is 13.0 Å². The van der Waals surface area contributed by atoms with Crippen LogP contribution in [0.15, 0.2) is 37.5 Å². The molecule has 2 aromatic heterocycles. The summed E-state index contributed by atoms with van der Waals surface area (Å²) in [6.45, 7) is 4.95. The van der Waals surface area contributed by atoms with E-state index in [2.05, 4.69) is 38.1 Å². The average Bonchev–Trinajstić information content (AvgIpc) is 2.76. The summed E-state index contributed by atoms with van der Waals surface area (Å²) < 4.78 is 6.17. The standard InChI is InChI=1S/C12H14BrN3OS/c1-3-5-14-11-10(13)12(16-7-15-11)18-9-4-6-17-8(9)2/h4,6-7H,3,5H2,1-2H3,(H,14,15,16). The van der Waals surface area contributed by atoms with Gasteiger partial charge in [0.15, 0.2) is 0 Å². The number of rotatable bonds is 5. The zero-order chi connectivity index (χ0) is 13.0. The van der Waals surface area contributed by atoms with E-state index < -0.39 is 0 Å². The van der Waals surface area contributed by atoms with Crippen LogP contribution in [-0.2, 0) is 0 Å². The second kappa shape index (κ2) is 6.24. The molecule has 1 N–H and O–H groups in total. The quantitative estimate of drug-likeness (QED) is 0.837. The van der Waals surface area contributed by atoms with Crippen LogP contribution >= 0.6 is 27.7 Å². The van der Waals surface area contributed by atoms with E-state index in [9.17, 15) is 0 Å². The fourth-order valence-electron chi connectivity index (χ4n) is 1.37. The number of hydrogen-bond acceptors (Lipinski definition) is 5. The number of halogens is 1. The molecule has 2 rings (SSSR count). The topological polar surface area (TPSA) is 51.0 Å². The molecule has 0 aliphatic carbocycles. The molecule has 0 radical (unpaired) electrons. The maximum Gasteiger partial charge on any atom is 0.144 e. The highest BCUT2D eigenvalue weighted by Gasteiger charge is 2.12. The Hall–Kier alpha value is -1.01. The predicted octanol–water partition coefficient (Wildman–Crippen LogP) is 4.11. The van der Waals surface area contributed by atoms with Crippen LogP contribution in [0.5, 0.6) is 0 Å². The molecule has 0 aromatic carbocycles. The van der Waals surface area contributed by atoms with Crippen molar-refractivity contribution in [1.29, 1.82) is 0 Å². The largest absolute Gasteiger partial charge is 0.468 e. The fraction of sp³-hybridized carbons (Fsp3) is 0.333. The van der Waals surface area contributed by atoms with Gasteiger partial charge in [0, 0.05) is 6.54 Å². The van der Waals surface area contributed by atoms with Gasteiger partial charge in [-0.25, -0.2) is 9.97 Å². The van der Waals surface area contributed by atoms with E-state index in [1.165, 1.54) is 0 Å². The first-order valence-electron chi connectivity index (χ1n) is 5.68. The van der Waals surface area contributed by atoms with Crippen molar-refractivity contribution in [3.05, 3.63) is 28.9 Å². The molecular formula is C12H14BrN3OS. The third-order valence-electron chi connectivity index (χ3n) is 2.32. The molecule has 0 unspecified atom stereocenters. The van der Waals surface area contributed by atoms with Crippen LogP contribution in [0.25, 0.3) is 0 Å². The minimum atomic E-state index is 0.829. The van der Waals surface area contributed by atoms with Gasteiger partial charge in [0.2, 0.25) is 0 Å². The molecule has 0 bridgehead atoms. The average molecular weight is 328 g/mol. The molecule has 0 aliphatic rings. The van der Waals surface area contributed by atoms with Gasteiger partial charge in [0.25, 0.3) is 0 Å². The minimum Gasteiger partial charge on any atom is -0.468 e. The Labute approximate surface area is 119 Å². The molecule has 2 heterocycles. The van der Waals surface area contributed by atoms with Gasteiger partial charge < -0.3 is 9.73 Å². The summed E-state index contributed by atoms with van der Waals surface area (Å²) in [5.41, 5.74) is 0. The van der Waals surface area contributed by atoms with Crippen molar-refractivity contribution in [2.24, 2.45) is 0 Å². The van der Waals surface area contributed by atoms with Crippen LogP contribution < -0.4 is 5.32 Å². The number of furan rings is 1. The first-order valence-corrected chi connectivity index (χ1v) is 7.29. The maximum atomic E-state index is 5.28. The summed E-state index contributed by atoms with van der Waals surface area (Å²) in [6.07, 6.45) is 4.31. The summed E-state index contributed by atoms with van der Waals surface area (Å²) >= 11 is 5.11. The van der Waals surface area contributed by atoms with Crippen molar-refractivity contribution in [3.8, 4) is 0 Å². The summed E-state index contributed by atoms with van der Waals surface area (Å²) in [5, 5.41) is 4.14. The highest BCUT2D eigenvalue weighted by molar-refractivity contribution is 9.10. The molecule has 0 atom stereocenters. The van der Waals surface area contributed by atoms with Gasteiger partial charge in [0.05, 0.1) is 15.6 Å². The van der Waals surface area contributed by atoms with Crippen molar-refractivity contribution < 1.29 is 4.42 Å². The van der Waals surface area contributed by atoms with E-state index in [-0.39, 0.29) is 0 Å². The molecule has 0 saturated carbocycles. The van der Waals surface area contributed by atoms with E-state index in [4.69, 9.17) is 4.42 Å². The van der Waals surface area contributed by atoms with Gasteiger partial charge in [-0.05, 0) is 35.3 Å². The van der Waals surface area contributed by atoms with E-state index in [1.54, 1.807) is 24.4 Å². The number of hydrogen-bond donors (Lipinski definition) is 1. The van der Waals surface area contributed by atoms with Crippen LogP contribution in [0.3, 0.4) is 0 Å². The van der Waals surface area contributed by atoms with Crippen LogP contribution in [0.1, 0.15) is 19.1 Å². The normalized spacial score (nSPS) is 10.6. The highest BCUT2D eigenvalue weighted by Crippen LogP contribution is 2.36. The van der Waals surface area contributed by atoms with E-state index in [0.29, 0.717) is 0 Å². The minimum absolute atomic E-state index is 0.829. The highest BCUT2D eigenvalue weighted by atomic mass is 79.9. The SMILES string of the molecule is CCCNc1ncnc(Sc2ccoc2C)c1Br. The lowest BCUT2D eigenvalue weighted by Crippen LogP contribution is -2.03. The van der Waals surface area contributed by atoms with Crippen LogP contribution in [0, 0.1) is 6.92 Å². The zero-order valence-electron chi connectivity index (χ0n) is 10.2. The Kier molecular flexibility index (Phi) is 4.66. The van der Waals surface area contributed by atoms with Gasteiger partial charge in [0.1, 0.15) is 22.9 Å². The van der Waals surface area contributed by atoms with Crippen molar-refractivity contribution in [3.63, 3.8) is 0 Å². The number of nitrogens with zero attached hydrogens (tertiary/aromatic N) is 2. The summed E-state index contributed by atoms with van der Waals surface area (Å²) in [5.74, 6) is 1.73. The molecular weight excluding hydrogens is 314 g/mol. The molecule has 0 spiro atoms. The van der Waals surface area contributed by atoms with Gasteiger partial charge in [-0.15, -0.1) is 0 Å². The molecule has 18 heavy (non-hydrogen) atoms. The smallest absolute Gasteiger partial charge is 0.144 e. The Morgan fingerprint density at radius 3 is 2.94 bits per heavy atom. The molecule has 0 aliphatic heterocycles. The molecule has 4 nitrogen and oxygen atoms in total. The fourth-order valence-corrected chi connectivity index (χ4v) is 2.77. The Bertz CT molecular complexity index is 530. The lowest BCUT2D eigenvalue weighted by molar-refractivity contribution is 0.527. The maximum absolute atomic E-state index is 5.28. The molecule has 0 saturated heterocycles. The Balaban J connectivity index is 2.21. The number of aryl methyl sites for hydroxylation is 1. The predicted molar refractivity (Wildman–Crippen MR) is 76.1 cm³/mol. The van der Waals surface area contributed by atoms with Gasteiger partial charge in [-0.3, -0.25) is 0 Å². The van der Waals surface area contributed by atoms with Crippen molar-refractivity contribution in [1.82, 2.24) is 9.97 Å². The molecule has 0 fully saturated rings. The number of aromatic nitrogens is 2. The van der Waals surface area contributed by atoms with Crippen LogP contribution in [0.2, 0.25) is 0 Å². The number of anilines is 1. The number of nitrogens with one attached hydrogen (secondary N) is 1. The lowest BCUT2D eigenvalue weighted by atomic mass is 10.4. The first-order chi connectivity index (χ1) is 8.72. The van der Waals surface area contributed by atoms with E-state index in [0.717, 1.165) is 38.9 Å². The monoisotopic (exact) mass is 327 g/mol. The summed E-state index contributed by atoms with van der Waals surface area (Å²) in [6, 6.07) is 1.94. The second-order valence-corrected chi connectivity index (χ2v) is 5.53. The third-order valence-corrected chi connectivity index (χ3v) is 4.48. The summed E-state index contributed by atoms with van der Waals surface area (Å²) in [4.78, 5) is 9.57. The molecule has 96 valence electrons. The van der Waals surface area contributed by atoms with Crippen LogP contribution in [0.4, 0.5) is 5.82 Å². The van der Waals surface area contributed by atoms with Gasteiger partial charge >= 0.3 is 0 Å². The Morgan fingerprint density at radius 2 is 2.28 bits per heavy atom. The van der Waals surface area contributed by atoms with Crippen molar-refractivity contribution in [2.75, 3.05) is 11.9 Å². The molecule has 6 heteroatoms. The van der Waals surface area contributed by atoms with Gasteiger partial charge in [-0.2, -0.15) is 0 Å². The zero-order valence-corrected chi connectivity index (χ0v) is 12.6. The van der Waals surface area contributed by atoms with Gasteiger partial charge in [-0.1, -0.05) is 18.7 Å². The van der Waals surface area contributed by atoms with Crippen molar-refractivity contribution >= 4 is 33.5 Å². The lowest BCUT2D eigenvalue weighted by Gasteiger charge is -2.08. The third kappa shape index (κ3) is 3.05. The molecule has 2 aromatic rings. The van der Waals surface area contributed by atoms with Crippen molar-refractivity contribution in [2.45, 2.75) is 30.2 Å². The molecule has 0 amide bonds. The van der Waals surface area contributed by atoms with E-state index >= 15 is 0 Å². The first kappa shape index (κ1) is 13.4. The Morgan fingerprint density at radius 1 is 1.44 bits per heavy atom.